The molecular formula is C29H31ClN2O2S. The van der Waals surface area contributed by atoms with Crippen molar-refractivity contribution < 1.29 is 9.53 Å². The number of nitrogens with zero attached hydrogens (tertiary/aromatic N) is 2. The summed E-state index contributed by atoms with van der Waals surface area (Å²) in [5.41, 5.74) is 5.20. The molecule has 0 aliphatic carbocycles. The lowest BCUT2D eigenvalue weighted by molar-refractivity contribution is -0.109. The van der Waals surface area contributed by atoms with Crippen LogP contribution in [0.25, 0.3) is 10.9 Å². The van der Waals surface area contributed by atoms with Crippen LogP contribution in [0.4, 0.5) is 0 Å². The number of thioether (sulfide) groups is 1. The smallest absolute Gasteiger partial charge is 0.130 e. The predicted octanol–water partition coefficient (Wildman–Crippen LogP) is 7.53. The van der Waals surface area contributed by atoms with E-state index in [9.17, 15) is 4.79 Å². The number of aromatic nitrogens is 2. The summed E-state index contributed by atoms with van der Waals surface area (Å²) in [4.78, 5) is 18.0. The third kappa shape index (κ3) is 6.09. The number of carbonyl (C=O) groups excluding carboxylic acids is 1. The largest absolute Gasteiger partial charge is 0.487 e. The van der Waals surface area contributed by atoms with Crippen LogP contribution in [-0.2, 0) is 24.9 Å². The first-order valence-corrected chi connectivity index (χ1v) is 12.9. The maximum absolute atomic E-state index is 12.4. The highest BCUT2D eigenvalue weighted by Gasteiger charge is 2.27. The first-order valence-electron chi connectivity index (χ1n) is 11.7. The van der Waals surface area contributed by atoms with Crippen molar-refractivity contribution in [1.29, 1.82) is 0 Å². The van der Waals surface area contributed by atoms with Crippen molar-refractivity contribution in [3.05, 3.63) is 88.3 Å². The molecule has 0 aliphatic rings. The van der Waals surface area contributed by atoms with Crippen molar-refractivity contribution in [2.45, 2.75) is 56.3 Å². The summed E-state index contributed by atoms with van der Waals surface area (Å²) >= 11 is 7.86. The lowest BCUT2D eigenvalue weighted by atomic mass is 9.97. The molecule has 1 atom stereocenters. The van der Waals surface area contributed by atoms with E-state index in [1.54, 1.807) is 11.8 Å². The standard InChI is InChI=1S/C29H31ClN2O2S/c1-19-6-11-23(31-16-19)18-34-24-12-13-26-25(15-24)28(35-29(2,3)4)27(32(26)5)21(17-33)14-20-7-9-22(30)10-8-20/h6-13,15-17,21H,14,18H2,1-5H3. The van der Waals surface area contributed by atoms with Gasteiger partial charge in [-0.1, -0.05) is 50.6 Å². The van der Waals surface area contributed by atoms with Gasteiger partial charge < -0.3 is 14.1 Å². The maximum Gasteiger partial charge on any atom is 0.130 e. The Kier molecular flexibility index (Phi) is 7.58. The quantitative estimate of drug-likeness (QED) is 0.183. The van der Waals surface area contributed by atoms with Gasteiger partial charge in [0.1, 0.15) is 18.6 Å². The number of aldehydes is 1. The third-order valence-electron chi connectivity index (χ3n) is 5.82. The van der Waals surface area contributed by atoms with Crippen LogP contribution in [0, 0.1) is 6.92 Å². The highest BCUT2D eigenvalue weighted by atomic mass is 35.5. The van der Waals surface area contributed by atoms with Gasteiger partial charge in [0.2, 0.25) is 0 Å². The summed E-state index contributed by atoms with van der Waals surface area (Å²) in [7, 11) is 2.04. The lowest BCUT2D eigenvalue weighted by Crippen LogP contribution is -2.13. The molecule has 2 aromatic heterocycles. The van der Waals surface area contributed by atoms with Gasteiger partial charge in [0.25, 0.3) is 0 Å². The summed E-state index contributed by atoms with van der Waals surface area (Å²) in [5, 5.41) is 1.79. The normalized spacial score (nSPS) is 12.6. The first-order chi connectivity index (χ1) is 16.6. The molecule has 0 saturated heterocycles. The van der Waals surface area contributed by atoms with Crippen molar-refractivity contribution in [1.82, 2.24) is 9.55 Å². The molecule has 0 N–H and O–H groups in total. The van der Waals surface area contributed by atoms with Crippen LogP contribution in [0.2, 0.25) is 5.02 Å². The van der Waals surface area contributed by atoms with Crippen LogP contribution in [0.3, 0.4) is 0 Å². The molecule has 35 heavy (non-hydrogen) atoms. The number of fused-ring (bicyclic) bond motifs is 1. The minimum Gasteiger partial charge on any atom is -0.487 e. The van der Waals surface area contributed by atoms with E-state index in [0.29, 0.717) is 18.1 Å². The molecular weight excluding hydrogens is 476 g/mol. The monoisotopic (exact) mass is 506 g/mol. The average molecular weight is 507 g/mol. The number of rotatable bonds is 8. The molecule has 0 aliphatic heterocycles. The summed E-state index contributed by atoms with van der Waals surface area (Å²) in [6.45, 7) is 9.00. The van der Waals surface area contributed by atoms with Crippen LogP contribution in [0.1, 0.15) is 49.2 Å². The Morgan fingerprint density at radius 2 is 1.86 bits per heavy atom. The second kappa shape index (κ2) is 10.5. The van der Waals surface area contributed by atoms with E-state index in [-0.39, 0.29) is 10.7 Å². The molecule has 2 aromatic carbocycles. The van der Waals surface area contributed by atoms with Crippen molar-refractivity contribution in [3.63, 3.8) is 0 Å². The van der Waals surface area contributed by atoms with Gasteiger partial charge in [-0.15, -0.1) is 11.8 Å². The molecule has 6 heteroatoms. The van der Waals surface area contributed by atoms with Crippen LogP contribution >= 0.6 is 23.4 Å². The van der Waals surface area contributed by atoms with Gasteiger partial charge in [-0.25, -0.2) is 0 Å². The molecule has 2 heterocycles. The number of benzene rings is 2. The maximum atomic E-state index is 12.4. The van der Waals surface area contributed by atoms with E-state index in [4.69, 9.17) is 16.3 Å². The fraction of sp³-hybridized carbons (Fsp3) is 0.310. The number of hydrogen-bond donors (Lipinski definition) is 0. The minimum atomic E-state index is -0.278. The van der Waals surface area contributed by atoms with Gasteiger partial charge >= 0.3 is 0 Å². The molecule has 4 rings (SSSR count). The SMILES string of the molecule is Cc1ccc(COc2ccc3c(c2)c(SC(C)(C)C)c(C(C=O)Cc2ccc(Cl)cc2)n3C)nc1. The molecule has 0 radical (unpaired) electrons. The molecule has 0 saturated carbocycles. The Morgan fingerprint density at radius 3 is 2.49 bits per heavy atom. The van der Waals surface area contributed by atoms with Gasteiger partial charge in [-0.2, -0.15) is 0 Å². The molecule has 0 spiro atoms. The Hall–Kier alpha value is -2.76. The average Bonchev–Trinajstić information content (AvgIpc) is 3.08. The van der Waals surface area contributed by atoms with Crippen molar-refractivity contribution >= 4 is 40.6 Å². The second-order valence-electron chi connectivity index (χ2n) is 9.86. The molecule has 4 aromatic rings. The molecule has 1 unspecified atom stereocenters. The number of halogens is 1. The van der Waals surface area contributed by atoms with E-state index in [1.807, 2.05) is 62.6 Å². The van der Waals surface area contributed by atoms with E-state index >= 15 is 0 Å². The summed E-state index contributed by atoms with van der Waals surface area (Å²) in [5.74, 6) is 0.507. The van der Waals surface area contributed by atoms with Gasteiger partial charge in [-0.3, -0.25) is 4.98 Å². The predicted molar refractivity (Wildman–Crippen MR) is 146 cm³/mol. The van der Waals surface area contributed by atoms with E-state index in [2.05, 4.69) is 42.5 Å². The molecule has 0 bridgehead atoms. The zero-order valence-corrected chi connectivity index (χ0v) is 22.4. The van der Waals surface area contributed by atoms with Crippen molar-refractivity contribution in [2.75, 3.05) is 0 Å². The number of pyridine rings is 1. The number of hydrogen-bond acceptors (Lipinski definition) is 4. The Labute approximate surface area is 216 Å². The Morgan fingerprint density at radius 1 is 1.11 bits per heavy atom. The summed E-state index contributed by atoms with van der Waals surface area (Å²) in [6, 6.07) is 17.9. The van der Waals surface area contributed by atoms with E-state index in [1.165, 1.54) is 0 Å². The first kappa shape index (κ1) is 25.3. The molecule has 4 nitrogen and oxygen atoms in total. The fourth-order valence-electron chi connectivity index (χ4n) is 4.15. The molecule has 0 amide bonds. The second-order valence-corrected chi connectivity index (χ2v) is 12.1. The molecule has 0 fully saturated rings. The number of ether oxygens (including phenoxy) is 1. The number of aryl methyl sites for hydroxylation is 2. The minimum absolute atomic E-state index is 0.0284. The fourth-order valence-corrected chi connectivity index (χ4v) is 5.56. The number of carbonyl (C=O) groups is 1. The van der Waals surface area contributed by atoms with Crippen LogP contribution < -0.4 is 4.74 Å². The van der Waals surface area contributed by atoms with Gasteiger partial charge in [0, 0.05) is 44.5 Å². The lowest BCUT2D eigenvalue weighted by Gasteiger charge is -2.21. The van der Waals surface area contributed by atoms with Crippen LogP contribution in [0.15, 0.2) is 65.7 Å². The Bertz CT molecular complexity index is 1320. The van der Waals surface area contributed by atoms with Crippen LogP contribution in [-0.4, -0.2) is 20.6 Å². The third-order valence-corrected chi connectivity index (χ3v) is 7.32. The topological polar surface area (TPSA) is 44.1 Å². The highest BCUT2D eigenvalue weighted by molar-refractivity contribution is 8.00. The van der Waals surface area contributed by atoms with E-state index in [0.717, 1.165) is 50.3 Å². The summed E-state index contributed by atoms with van der Waals surface area (Å²) in [6.07, 6.45) is 3.53. The van der Waals surface area contributed by atoms with E-state index < -0.39 is 0 Å². The Balaban J connectivity index is 1.73. The molecule has 182 valence electrons. The zero-order chi connectivity index (χ0) is 25.2. The van der Waals surface area contributed by atoms with Crippen molar-refractivity contribution in [2.24, 2.45) is 7.05 Å². The highest BCUT2D eigenvalue weighted by Crippen LogP contribution is 2.44. The van der Waals surface area contributed by atoms with Crippen molar-refractivity contribution in [3.8, 4) is 5.75 Å². The van der Waals surface area contributed by atoms with Crippen LogP contribution in [0.5, 0.6) is 5.75 Å². The van der Waals surface area contributed by atoms with Gasteiger partial charge in [-0.05, 0) is 60.9 Å². The van der Waals surface area contributed by atoms with Gasteiger partial charge in [0.05, 0.1) is 11.6 Å². The summed E-state index contributed by atoms with van der Waals surface area (Å²) < 4.78 is 8.23. The van der Waals surface area contributed by atoms with Gasteiger partial charge in [0.15, 0.2) is 0 Å². The zero-order valence-electron chi connectivity index (χ0n) is 20.8.